The molecular formula is C20H24FNO2S. The van der Waals surface area contributed by atoms with Crippen molar-refractivity contribution in [2.75, 3.05) is 6.54 Å². The first-order chi connectivity index (χ1) is 11.9. The van der Waals surface area contributed by atoms with E-state index < -0.39 is 10.0 Å². The fourth-order valence-corrected chi connectivity index (χ4v) is 5.13. The summed E-state index contributed by atoms with van der Waals surface area (Å²) in [5, 5.41) is 0. The van der Waals surface area contributed by atoms with Crippen molar-refractivity contribution in [1.82, 2.24) is 4.31 Å². The minimum absolute atomic E-state index is 0.221. The summed E-state index contributed by atoms with van der Waals surface area (Å²) in [5.74, 6) is 0.223. The van der Waals surface area contributed by atoms with Gasteiger partial charge in [0.1, 0.15) is 5.82 Å². The summed E-state index contributed by atoms with van der Waals surface area (Å²) in [4.78, 5) is 0.328. The third-order valence-electron chi connectivity index (χ3n) is 4.63. The molecule has 2 aromatic rings. The average Bonchev–Trinajstić information content (AvgIpc) is 3.06. The lowest BCUT2D eigenvalue weighted by Crippen LogP contribution is -2.30. The van der Waals surface area contributed by atoms with Gasteiger partial charge in [0.25, 0.3) is 0 Å². The van der Waals surface area contributed by atoms with Crippen molar-refractivity contribution < 1.29 is 12.8 Å². The highest BCUT2D eigenvalue weighted by atomic mass is 32.2. The first-order valence-corrected chi connectivity index (χ1v) is 10.2. The average molecular weight is 361 g/mol. The molecule has 0 saturated carbocycles. The van der Waals surface area contributed by atoms with Crippen molar-refractivity contribution in [2.45, 2.75) is 44.0 Å². The Bertz CT molecular complexity index is 814. The molecule has 1 aliphatic heterocycles. The zero-order valence-corrected chi connectivity index (χ0v) is 15.5. The number of hydrogen-bond donors (Lipinski definition) is 0. The Morgan fingerprint density at radius 2 is 1.72 bits per heavy atom. The first kappa shape index (κ1) is 18.1. The summed E-state index contributed by atoms with van der Waals surface area (Å²) >= 11 is 0. The molecule has 134 valence electrons. The van der Waals surface area contributed by atoms with Crippen LogP contribution in [0, 0.1) is 11.7 Å². The fourth-order valence-electron chi connectivity index (χ4n) is 3.45. The predicted molar refractivity (Wildman–Crippen MR) is 97.3 cm³/mol. The van der Waals surface area contributed by atoms with Crippen LogP contribution in [0.25, 0.3) is 0 Å². The molecule has 0 aliphatic carbocycles. The largest absolute Gasteiger partial charge is 0.243 e. The Morgan fingerprint density at radius 3 is 2.32 bits per heavy atom. The van der Waals surface area contributed by atoms with E-state index in [-0.39, 0.29) is 11.9 Å². The number of rotatable bonds is 5. The zero-order valence-electron chi connectivity index (χ0n) is 14.7. The summed E-state index contributed by atoms with van der Waals surface area (Å²) in [6.45, 7) is 4.78. The lowest BCUT2D eigenvalue weighted by molar-refractivity contribution is 0.396. The molecule has 1 atom stereocenters. The molecule has 1 saturated heterocycles. The summed E-state index contributed by atoms with van der Waals surface area (Å²) in [6.07, 6.45) is 2.51. The Morgan fingerprint density at radius 1 is 1.08 bits per heavy atom. The number of halogens is 1. The minimum Gasteiger partial charge on any atom is -0.207 e. The van der Waals surface area contributed by atoms with E-state index in [4.69, 9.17) is 0 Å². The van der Waals surface area contributed by atoms with Crippen molar-refractivity contribution in [2.24, 2.45) is 5.92 Å². The predicted octanol–water partition coefficient (Wildman–Crippen LogP) is 4.55. The summed E-state index contributed by atoms with van der Waals surface area (Å²) in [6, 6.07) is 13.1. The Balaban J connectivity index is 1.86. The van der Waals surface area contributed by atoms with Crippen LogP contribution >= 0.6 is 0 Å². The van der Waals surface area contributed by atoms with Crippen LogP contribution in [-0.4, -0.2) is 19.3 Å². The molecule has 2 aromatic carbocycles. The van der Waals surface area contributed by atoms with Crippen molar-refractivity contribution in [1.29, 1.82) is 0 Å². The van der Waals surface area contributed by atoms with Crippen LogP contribution < -0.4 is 0 Å². The van der Waals surface area contributed by atoms with Crippen LogP contribution in [0.4, 0.5) is 4.39 Å². The normalized spacial score (nSPS) is 18.8. The van der Waals surface area contributed by atoms with Gasteiger partial charge < -0.3 is 0 Å². The molecule has 25 heavy (non-hydrogen) atoms. The molecule has 0 radical (unpaired) electrons. The molecular weight excluding hydrogens is 337 g/mol. The van der Waals surface area contributed by atoms with Crippen molar-refractivity contribution in [3.63, 3.8) is 0 Å². The number of hydrogen-bond acceptors (Lipinski definition) is 2. The van der Waals surface area contributed by atoms with Crippen molar-refractivity contribution in [3.05, 3.63) is 65.5 Å². The van der Waals surface area contributed by atoms with E-state index >= 15 is 0 Å². The summed E-state index contributed by atoms with van der Waals surface area (Å²) in [7, 11) is -3.55. The smallest absolute Gasteiger partial charge is 0.207 e. The van der Waals surface area contributed by atoms with Crippen LogP contribution in [0.15, 0.2) is 53.4 Å². The quantitative estimate of drug-likeness (QED) is 0.783. The molecule has 0 bridgehead atoms. The van der Waals surface area contributed by atoms with Crippen LogP contribution in [0.5, 0.6) is 0 Å². The molecule has 0 aromatic heterocycles. The first-order valence-electron chi connectivity index (χ1n) is 8.74. The molecule has 0 spiro atoms. The highest BCUT2D eigenvalue weighted by Gasteiger charge is 2.36. The Kier molecular flexibility index (Phi) is 5.25. The fraction of sp³-hybridized carbons (Fsp3) is 0.400. The lowest BCUT2D eigenvalue weighted by Gasteiger charge is -2.24. The monoisotopic (exact) mass is 361 g/mol. The Labute approximate surface area is 149 Å². The molecule has 3 rings (SSSR count). The van der Waals surface area contributed by atoms with Crippen molar-refractivity contribution >= 4 is 10.0 Å². The maximum absolute atomic E-state index is 13.2. The molecule has 1 aliphatic rings. The molecule has 0 N–H and O–H groups in total. The van der Waals surface area contributed by atoms with Gasteiger partial charge in [-0.05, 0) is 60.6 Å². The van der Waals surface area contributed by atoms with Gasteiger partial charge in [-0.3, -0.25) is 0 Å². The van der Waals surface area contributed by atoms with Gasteiger partial charge in [-0.15, -0.1) is 0 Å². The van der Waals surface area contributed by atoms with E-state index in [0.717, 1.165) is 30.4 Å². The number of benzene rings is 2. The number of sulfonamides is 1. The standard InChI is InChI=1S/C20H24FNO2S/c1-15(2)14-16-5-11-19(12-6-16)25(23,24)22-13-3-4-20(22)17-7-9-18(21)10-8-17/h5-12,15,20H,3-4,13-14H2,1-2H3. The van der Waals surface area contributed by atoms with Gasteiger partial charge in [0.2, 0.25) is 10.0 Å². The van der Waals surface area contributed by atoms with Gasteiger partial charge in [0.15, 0.2) is 0 Å². The van der Waals surface area contributed by atoms with Gasteiger partial charge in [0, 0.05) is 6.54 Å². The summed E-state index contributed by atoms with van der Waals surface area (Å²) in [5.41, 5.74) is 1.99. The van der Waals surface area contributed by atoms with Crippen LogP contribution in [0.3, 0.4) is 0 Å². The third kappa shape index (κ3) is 3.93. The van der Waals surface area contributed by atoms with E-state index in [2.05, 4.69) is 13.8 Å². The molecule has 0 amide bonds. The van der Waals surface area contributed by atoms with Crippen LogP contribution in [-0.2, 0) is 16.4 Å². The van der Waals surface area contributed by atoms with E-state index in [0.29, 0.717) is 17.4 Å². The molecule has 3 nitrogen and oxygen atoms in total. The summed E-state index contributed by atoms with van der Waals surface area (Å²) < 4.78 is 40.9. The second-order valence-electron chi connectivity index (χ2n) is 7.07. The van der Waals surface area contributed by atoms with E-state index in [9.17, 15) is 12.8 Å². The van der Waals surface area contributed by atoms with Gasteiger partial charge >= 0.3 is 0 Å². The van der Waals surface area contributed by atoms with E-state index in [1.807, 2.05) is 12.1 Å². The topological polar surface area (TPSA) is 37.4 Å². The zero-order chi connectivity index (χ0) is 18.0. The molecule has 1 fully saturated rings. The van der Waals surface area contributed by atoms with Gasteiger partial charge in [-0.25, -0.2) is 12.8 Å². The Hall–Kier alpha value is -1.72. The lowest BCUT2D eigenvalue weighted by atomic mass is 10.0. The maximum Gasteiger partial charge on any atom is 0.243 e. The van der Waals surface area contributed by atoms with Gasteiger partial charge in [0.05, 0.1) is 10.9 Å². The highest BCUT2D eigenvalue weighted by Crippen LogP contribution is 2.36. The van der Waals surface area contributed by atoms with Crippen LogP contribution in [0.1, 0.15) is 43.9 Å². The minimum atomic E-state index is -3.55. The second-order valence-corrected chi connectivity index (χ2v) is 8.96. The molecule has 1 heterocycles. The van der Waals surface area contributed by atoms with Gasteiger partial charge in [-0.2, -0.15) is 4.31 Å². The van der Waals surface area contributed by atoms with Gasteiger partial charge in [-0.1, -0.05) is 38.1 Å². The van der Waals surface area contributed by atoms with E-state index in [1.165, 1.54) is 12.1 Å². The third-order valence-corrected chi connectivity index (χ3v) is 6.55. The SMILES string of the molecule is CC(C)Cc1ccc(S(=O)(=O)N2CCCC2c2ccc(F)cc2)cc1. The molecule has 5 heteroatoms. The molecule has 1 unspecified atom stereocenters. The van der Waals surface area contributed by atoms with Crippen molar-refractivity contribution in [3.8, 4) is 0 Å². The highest BCUT2D eigenvalue weighted by molar-refractivity contribution is 7.89. The maximum atomic E-state index is 13.2. The van der Waals surface area contributed by atoms with Crippen LogP contribution in [0.2, 0.25) is 0 Å². The second kappa shape index (κ2) is 7.26. The number of nitrogens with zero attached hydrogens (tertiary/aromatic N) is 1. The van der Waals surface area contributed by atoms with E-state index in [1.54, 1.807) is 28.6 Å².